The zero-order valence-electron chi connectivity index (χ0n) is 11.0. The van der Waals surface area contributed by atoms with Crippen LogP contribution >= 0.6 is 43.5 Å². The summed E-state index contributed by atoms with van der Waals surface area (Å²) in [7, 11) is 0. The predicted molar refractivity (Wildman–Crippen MR) is 90.3 cm³/mol. The highest BCUT2D eigenvalue weighted by molar-refractivity contribution is 9.11. The highest BCUT2D eigenvalue weighted by atomic mass is 79.9. The Kier molecular flexibility index (Phi) is 6.05. The van der Waals surface area contributed by atoms with Crippen LogP contribution in [0.15, 0.2) is 39.3 Å². The molecule has 0 aliphatic carbocycles. The van der Waals surface area contributed by atoms with Crippen LogP contribution in [0.25, 0.3) is 0 Å². The molecule has 0 aliphatic rings. The van der Waals surface area contributed by atoms with Crippen LogP contribution in [0.4, 0.5) is 4.39 Å². The van der Waals surface area contributed by atoms with Gasteiger partial charge < -0.3 is 10.5 Å². The number of halogens is 4. The van der Waals surface area contributed by atoms with E-state index in [-0.39, 0.29) is 12.4 Å². The van der Waals surface area contributed by atoms with Crippen molar-refractivity contribution in [1.82, 2.24) is 0 Å². The number of ether oxygens (including phenoxy) is 1. The molecular weight excluding hydrogens is 424 g/mol. The normalized spacial score (nSPS) is 10.7. The van der Waals surface area contributed by atoms with Gasteiger partial charge in [0.25, 0.3) is 0 Å². The Labute approximate surface area is 144 Å². The first-order valence-electron chi connectivity index (χ1n) is 6.26. The van der Waals surface area contributed by atoms with Crippen LogP contribution < -0.4 is 10.5 Å². The third kappa shape index (κ3) is 4.42. The van der Waals surface area contributed by atoms with Crippen molar-refractivity contribution in [2.75, 3.05) is 6.54 Å². The van der Waals surface area contributed by atoms with E-state index >= 15 is 0 Å². The van der Waals surface area contributed by atoms with Crippen LogP contribution in [0.5, 0.6) is 5.75 Å². The Morgan fingerprint density at radius 3 is 2.38 bits per heavy atom. The molecule has 0 heterocycles. The Morgan fingerprint density at radius 1 is 1.14 bits per heavy atom. The van der Waals surface area contributed by atoms with E-state index in [1.165, 1.54) is 12.1 Å². The lowest BCUT2D eigenvalue weighted by Gasteiger charge is -2.13. The second kappa shape index (κ2) is 7.58. The van der Waals surface area contributed by atoms with E-state index in [9.17, 15) is 4.39 Å². The zero-order chi connectivity index (χ0) is 15.4. The third-order valence-corrected chi connectivity index (χ3v) is 4.41. The molecule has 0 aliphatic heterocycles. The van der Waals surface area contributed by atoms with Crippen LogP contribution in [0.3, 0.4) is 0 Å². The van der Waals surface area contributed by atoms with E-state index in [1.807, 2.05) is 12.1 Å². The maximum atomic E-state index is 13.0. The molecule has 0 amide bonds. The van der Waals surface area contributed by atoms with Crippen molar-refractivity contribution in [3.05, 3.63) is 61.2 Å². The molecule has 2 aromatic rings. The van der Waals surface area contributed by atoms with E-state index in [2.05, 4.69) is 31.9 Å². The molecule has 2 N–H and O–H groups in total. The summed E-state index contributed by atoms with van der Waals surface area (Å²) in [5, 5.41) is 0.349. The highest BCUT2D eigenvalue weighted by Gasteiger charge is 2.10. The van der Waals surface area contributed by atoms with Gasteiger partial charge in [-0.15, -0.1) is 0 Å². The number of rotatable bonds is 5. The molecular formula is C15H13Br2ClFNO. The Balaban J connectivity index is 2.16. The second-order valence-corrected chi connectivity index (χ2v) is 6.57. The molecule has 0 aromatic heterocycles. The fourth-order valence-corrected chi connectivity index (χ4v) is 3.58. The average molecular weight is 438 g/mol. The van der Waals surface area contributed by atoms with Gasteiger partial charge in [-0.05, 0) is 74.7 Å². The standard InChI is InChI=1S/C15H13Br2ClFNO/c16-12-5-9(3-4-20)6-13(17)15(12)21-8-10-1-2-11(19)7-14(10)18/h1-2,5-7H,3-4,8,20H2. The molecule has 0 saturated heterocycles. The summed E-state index contributed by atoms with van der Waals surface area (Å²) >= 11 is 13.0. The third-order valence-electron chi connectivity index (χ3n) is 2.88. The second-order valence-electron chi connectivity index (χ2n) is 4.45. The number of nitrogens with two attached hydrogens (primary N) is 1. The molecule has 0 fully saturated rings. The van der Waals surface area contributed by atoms with E-state index in [0.717, 1.165) is 26.5 Å². The Morgan fingerprint density at radius 2 is 1.81 bits per heavy atom. The quantitative estimate of drug-likeness (QED) is 0.708. The summed E-state index contributed by atoms with van der Waals surface area (Å²) in [6.07, 6.45) is 0.793. The van der Waals surface area contributed by atoms with E-state index in [4.69, 9.17) is 22.1 Å². The summed E-state index contributed by atoms with van der Waals surface area (Å²) in [6.45, 7) is 0.844. The van der Waals surface area contributed by atoms with Crippen LogP contribution in [-0.2, 0) is 13.0 Å². The molecule has 2 rings (SSSR count). The molecule has 0 unspecified atom stereocenters. The van der Waals surface area contributed by atoms with Gasteiger partial charge >= 0.3 is 0 Å². The van der Waals surface area contributed by atoms with E-state index in [0.29, 0.717) is 17.3 Å². The van der Waals surface area contributed by atoms with Crippen molar-refractivity contribution in [1.29, 1.82) is 0 Å². The summed E-state index contributed by atoms with van der Waals surface area (Å²) in [5.74, 6) is 0.313. The monoisotopic (exact) mass is 435 g/mol. The summed E-state index contributed by atoms with van der Waals surface area (Å²) in [4.78, 5) is 0. The fourth-order valence-electron chi connectivity index (χ4n) is 1.85. The molecule has 0 atom stereocenters. The molecule has 6 heteroatoms. The first-order chi connectivity index (χ1) is 10.0. The lowest BCUT2D eigenvalue weighted by atomic mass is 10.1. The molecule has 2 aromatic carbocycles. The summed E-state index contributed by atoms with van der Waals surface area (Å²) in [6, 6.07) is 8.19. The van der Waals surface area contributed by atoms with Crippen molar-refractivity contribution >= 4 is 43.5 Å². The van der Waals surface area contributed by atoms with Gasteiger partial charge in [-0.25, -0.2) is 4.39 Å². The Hall–Kier alpha value is -0.620. The maximum Gasteiger partial charge on any atom is 0.148 e. The predicted octanol–water partition coefficient (Wildman–Crippen LogP) is 5.08. The molecule has 0 bridgehead atoms. The number of benzene rings is 2. The van der Waals surface area contributed by atoms with Gasteiger partial charge in [0.2, 0.25) is 0 Å². The van der Waals surface area contributed by atoms with Crippen LogP contribution in [0, 0.1) is 5.82 Å². The first kappa shape index (κ1) is 16.7. The fraction of sp³-hybridized carbons (Fsp3) is 0.200. The number of hydrogen-bond donors (Lipinski definition) is 1. The first-order valence-corrected chi connectivity index (χ1v) is 8.22. The van der Waals surface area contributed by atoms with Crippen molar-refractivity contribution in [2.24, 2.45) is 5.73 Å². The van der Waals surface area contributed by atoms with Gasteiger partial charge in [-0.1, -0.05) is 17.7 Å². The molecule has 0 radical (unpaired) electrons. The SMILES string of the molecule is NCCc1cc(Br)c(OCc2ccc(F)cc2Cl)c(Br)c1. The van der Waals surface area contributed by atoms with E-state index < -0.39 is 0 Å². The topological polar surface area (TPSA) is 35.2 Å². The maximum absolute atomic E-state index is 13.0. The van der Waals surface area contributed by atoms with Crippen LogP contribution in [0.1, 0.15) is 11.1 Å². The zero-order valence-corrected chi connectivity index (χ0v) is 14.9. The van der Waals surface area contributed by atoms with Gasteiger partial charge in [0, 0.05) is 5.56 Å². The van der Waals surface area contributed by atoms with Gasteiger partial charge in [0.1, 0.15) is 18.2 Å². The molecule has 21 heavy (non-hydrogen) atoms. The van der Waals surface area contributed by atoms with Crippen molar-refractivity contribution in [2.45, 2.75) is 13.0 Å². The molecule has 0 saturated carbocycles. The molecule has 0 spiro atoms. The van der Waals surface area contributed by atoms with Crippen molar-refractivity contribution in [3.63, 3.8) is 0 Å². The van der Waals surface area contributed by atoms with Crippen LogP contribution in [-0.4, -0.2) is 6.54 Å². The lowest BCUT2D eigenvalue weighted by Crippen LogP contribution is -2.03. The molecule has 2 nitrogen and oxygen atoms in total. The van der Waals surface area contributed by atoms with Gasteiger partial charge in [0.05, 0.1) is 14.0 Å². The van der Waals surface area contributed by atoms with Crippen molar-refractivity contribution < 1.29 is 9.13 Å². The lowest BCUT2D eigenvalue weighted by molar-refractivity contribution is 0.302. The smallest absolute Gasteiger partial charge is 0.148 e. The minimum absolute atomic E-state index is 0.256. The van der Waals surface area contributed by atoms with Crippen LogP contribution in [0.2, 0.25) is 5.02 Å². The van der Waals surface area contributed by atoms with Gasteiger partial charge in [-0.2, -0.15) is 0 Å². The minimum atomic E-state index is -0.364. The highest BCUT2D eigenvalue weighted by Crippen LogP contribution is 2.35. The number of hydrogen-bond acceptors (Lipinski definition) is 2. The molecule has 112 valence electrons. The summed E-state index contributed by atoms with van der Waals surface area (Å²) < 4.78 is 20.4. The minimum Gasteiger partial charge on any atom is -0.486 e. The van der Waals surface area contributed by atoms with Gasteiger partial charge in [-0.3, -0.25) is 0 Å². The van der Waals surface area contributed by atoms with Gasteiger partial charge in [0.15, 0.2) is 0 Å². The summed E-state index contributed by atoms with van der Waals surface area (Å²) in [5.41, 5.74) is 7.39. The largest absolute Gasteiger partial charge is 0.486 e. The Bertz CT molecular complexity index is 629. The average Bonchev–Trinajstić information content (AvgIpc) is 2.40. The van der Waals surface area contributed by atoms with E-state index in [1.54, 1.807) is 6.07 Å². The van der Waals surface area contributed by atoms with Crippen molar-refractivity contribution in [3.8, 4) is 5.75 Å².